The van der Waals surface area contributed by atoms with Crippen molar-refractivity contribution in [2.45, 2.75) is 26.4 Å². The van der Waals surface area contributed by atoms with Crippen molar-refractivity contribution in [1.82, 2.24) is 5.32 Å². The van der Waals surface area contributed by atoms with Crippen LogP contribution in [-0.2, 0) is 9.53 Å². The van der Waals surface area contributed by atoms with Gasteiger partial charge < -0.3 is 15.2 Å². The monoisotopic (exact) mass is 285 g/mol. The van der Waals surface area contributed by atoms with Gasteiger partial charge in [0.15, 0.2) is 6.10 Å². The van der Waals surface area contributed by atoms with Crippen LogP contribution in [0.15, 0.2) is 18.2 Å². The van der Waals surface area contributed by atoms with Gasteiger partial charge in [-0.25, -0.2) is 4.79 Å². The quantitative estimate of drug-likeness (QED) is 0.813. The molecule has 0 aromatic heterocycles. The highest BCUT2D eigenvalue weighted by molar-refractivity contribution is 6.30. The van der Waals surface area contributed by atoms with Crippen LogP contribution < -0.4 is 5.32 Å². The number of phenolic OH excluding ortho intramolecular Hbond substituents is 1. The van der Waals surface area contributed by atoms with Crippen LogP contribution in [0, 0.1) is 0 Å². The third-order valence-corrected chi connectivity index (χ3v) is 2.62. The summed E-state index contributed by atoms with van der Waals surface area (Å²) >= 11 is 5.66. The molecule has 5 nitrogen and oxygen atoms in total. The maximum Gasteiger partial charge on any atom is 0.342 e. The van der Waals surface area contributed by atoms with Crippen LogP contribution in [0.1, 0.15) is 30.6 Å². The summed E-state index contributed by atoms with van der Waals surface area (Å²) in [6, 6.07) is 4.04. The average molecular weight is 286 g/mol. The zero-order valence-electron chi connectivity index (χ0n) is 10.8. The number of nitrogens with one attached hydrogen (secondary N) is 1. The van der Waals surface area contributed by atoms with Crippen LogP contribution in [0.2, 0.25) is 5.02 Å². The number of amides is 1. The van der Waals surface area contributed by atoms with Crippen LogP contribution >= 0.6 is 11.6 Å². The molecule has 0 heterocycles. The number of hydrogen-bond acceptors (Lipinski definition) is 4. The third-order valence-electron chi connectivity index (χ3n) is 2.38. The molecule has 0 saturated carbocycles. The van der Waals surface area contributed by atoms with E-state index in [-0.39, 0.29) is 17.2 Å². The van der Waals surface area contributed by atoms with Crippen LogP contribution in [0.3, 0.4) is 0 Å². The largest absolute Gasteiger partial charge is 0.507 e. The number of carbonyl (C=O) groups excluding carboxylic acids is 2. The Morgan fingerprint density at radius 3 is 2.74 bits per heavy atom. The molecule has 0 spiro atoms. The van der Waals surface area contributed by atoms with Gasteiger partial charge >= 0.3 is 5.97 Å². The van der Waals surface area contributed by atoms with E-state index in [0.29, 0.717) is 11.6 Å². The van der Waals surface area contributed by atoms with Crippen molar-refractivity contribution in [3.8, 4) is 5.75 Å². The number of carbonyl (C=O) groups is 2. The van der Waals surface area contributed by atoms with Crippen molar-refractivity contribution in [2.75, 3.05) is 6.54 Å². The first-order chi connectivity index (χ1) is 8.95. The lowest BCUT2D eigenvalue weighted by Crippen LogP contribution is -2.36. The highest BCUT2D eigenvalue weighted by Crippen LogP contribution is 2.22. The molecule has 0 fully saturated rings. The molecule has 104 valence electrons. The second kappa shape index (κ2) is 6.99. The molecule has 0 aliphatic carbocycles. The maximum atomic E-state index is 11.8. The fourth-order valence-electron chi connectivity index (χ4n) is 1.35. The SMILES string of the molecule is CCCNC(=O)[C@@H](C)OC(=O)c1ccc(Cl)cc1O. The molecule has 0 saturated heterocycles. The summed E-state index contributed by atoms with van der Waals surface area (Å²) in [5.74, 6) is -1.42. The Hall–Kier alpha value is -1.75. The van der Waals surface area contributed by atoms with Gasteiger partial charge in [0.05, 0.1) is 0 Å². The fraction of sp³-hybridized carbons (Fsp3) is 0.385. The van der Waals surface area contributed by atoms with E-state index in [1.165, 1.54) is 25.1 Å². The molecule has 6 heteroatoms. The van der Waals surface area contributed by atoms with Crippen molar-refractivity contribution in [3.63, 3.8) is 0 Å². The Morgan fingerprint density at radius 1 is 1.47 bits per heavy atom. The Morgan fingerprint density at radius 2 is 2.16 bits per heavy atom. The van der Waals surface area contributed by atoms with Crippen molar-refractivity contribution in [1.29, 1.82) is 0 Å². The molecule has 2 N–H and O–H groups in total. The summed E-state index contributed by atoms with van der Waals surface area (Å²) in [5.41, 5.74) is -0.0282. The standard InChI is InChI=1S/C13H16ClNO4/c1-3-6-15-12(17)8(2)19-13(18)10-5-4-9(14)7-11(10)16/h4-5,7-8,16H,3,6H2,1-2H3,(H,15,17)/t8-/m1/s1. The molecule has 1 atom stereocenters. The predicted molar refractivity (Wildman–Crippen MR) is 71.3 cm³/mol. The topological polar surface area (TPSA) is 75.6 Å². The summed E-state index contributed by atoms with van der Waals surface area (Å²) < 4.78 is 4.96. The molecule has 0 aliphatic rings. The van der Waals surface area contributed by atoms with Crippen LogP contribution in [0.25, 0.3) is 0 Å². The summed E-state index contributed by atoms with van der Waals surface area (Å²) in [6.45, 7) is 3.91. The van der Waals surface area contributed by atoms with Gasteiger partial charge in [0, 0.05) is 11.6 Å². The van der Waals surface area contributed by atoms with E-state index in [0.717, 1.165) is 6.42 Å². The second-order valence-corrected chi connectivity index (χ2v) is 4.44. The van der Waals surface area contributed by atoms with Gasteiger partial charge in [-0.3, -0.25) is 4.79 Å². The Labute approximate surface area is 116 Å². The van der Waals surface area contributed by atoms with E-state index in [9.17, 15) is 14.7 Å². The summed E-state index contributed by atoms with van der Waals surface area (Å²) in [4.78, 5) is 23.3. The van der Waals surface area contributed by atoms with Gasteiger partial charge in [-0.2, -0.15) is 0 Å². The molecule has 0 aliphatic heterocycles. The van der Waals surface area contributed by atoms with Gasteiger partial charge in [0.1, 0.15) is 11.3 Å². The van der Waals surface area contributed by atoms with Gasteiger partial charge in [-0.05, 0) is 31.5 Å². The first-order valence-corrected chi connectivity index (χ1v) is 6.30. The smallest absolute Gasteiger partial charge is 0.342 e. The third kappa shape index (κ3) is 4.44. The molecular weight excluding hydrogens is 270 g/mol. The normalized spacial score (nSPS) is 11.7. The second-order valence-electron chi connectivity index (χ2n) is 4.00. The highest BCUT2D eigenvalue weighted by atomic mass is 35.5. The molecule has 1 rings (SSSR count). The number of benzene rings is 1. The molecule has 1 amide bonds. The number of halogens is 1. The van der Waals surface area contributed by atoms with Crippen LogP contribution in [0.5, 0.6) is 5.75 Å². The Balaban J connectivity index is 2.66. The molecule has 19 heavy (non-hydrogen) atoms. The van der Waals surface area contributed by atoms with Crippen LogP contribution in [-0.4, -0.2) is 29.6 Å². The number of phenols is 1. The van der Waals surface area contributed by atoms with Gasteiger partial charge in [-0.15, -0.1) is 0 Å². The van der Waals surface area contributed by atoms with Crippen LogP contribution in [0.4, 0.5) is 0 Å². The maximum absolute atomic E-state index is 11.8. The minimum atomic E-state index is -0.922. The van der Waals surface area contributed by atoms with Gasteiger partial charge in [0.25, 0.3) is 5.91 Å². The molecule has 0 unspecified atom stereocenters. The minimum Gasteiger partial charge on any atom is -0.507 e. The van der Waals surface area contributed by atoms with E-state index in [2.05, 4.69) is 5.32 Å². The zero-order chi connectivity index (χ0) is 14.4. The van der Waals surface area contributed by atoms with E-state index < -0.39 is 12.1 Å². The highest BCUT2D eigenvalue weighted by Gasteiger charge is 2.20. The van der Waals surface area contributed by atoms with Gasteiger partial charge in [0.2, 0.25) is 0 Å². The number of hydrogen-bond donors (Lipinski definition) is 2. The van der Waals surface area contributed by atoms with Crippen molar-refractivity contribution >= 4 is 23.5 Å². The number of ether oxygens (including phenoxy) is 1. The zero-order valence-corrected chi connectivity index (χ0v) is 11.5. The molecule has 1 aromatic carbocycles. The molecule has 0 bridgehead atoms. The Bertz CT molecular complexity index is 476. The van der Waals surface area contributed by atoms with E-state index in [1.54, 1.807) is 0 Å². The minimum absolute atomic E-state index is 0.0282. The number of esters is 1. The summed E-state index contributed by atoms with van der Waals surface area (Å²) in [7, 11) is 0. The summed E-state index contributed by atoms with van der Waals surface area (Å²) in [5, 5.41) is 12.5. The summed E-state index contributed by atoms with van der Waals surface area (Å²) in [6.07, 6.45) is -0.126. The predicted octanol–water partition coefficient (Wildman–Crippen LogP) is 2.12. The first kappa shape index (κ1) is 15.3. The lowest BCUT2D eigenvalue weighted by Gasteiger charge is -2.13. The first-order valence-electron chi connectivity index (χ1n) is 5.93. The van der Waals surface area contributed by atoms with Crippen molar-refractivity contribution < 1.29 is 19.4 Å². The van der Waals surface area contributed by atoms with Crippen molar-refractivity contribution in [3.05, 3.63) is 28.8 Å². The number of rotatable bonds is 5. The van der Waals surface area contributed by atoms with Crippen molar-refractivity contribution in [2.24, 2.45) is 0 Å². The molecule has 0 radical (unpaired) electrons. The van der Waals surface area contributed by atoms with Gasteiger partial charge in [-0.1, -0.05) is 18.5 Å². The van der Waals surface area contributed by atoms with E-state index in [4.69, 9.17) is 16.3 Å². The fourth-order valence-corrected chi connectivity index (χ4v) is 1.51. The molecule has 1 aromatic rings. The van der Waals surface area contributed by atoms with E-state index >= 15 is 0 Å². The van der Waals surface area contributed by atoms with E-state index in [1.807, 2.05) is 6.92 Å². The average Bonchev–Trinajstić information content (AvgIpc) is 2.35. The Kier molecular flexibility index (Phi) is 5.63. The number of aromatic hydroxyl groups is 1. The lowest BCUT2D eigenvalue weighted by atomic mass is 10.2. The molecular formula is C13H16ClNO4. The lowest BCUT2D eigenvalue weighted by molar-refractivity contribution is -0.129.